The predicted molar refractivity (Wildman–Crippen MR) is 92.8 cm³/mol. The summed E-state index contributed by atoms with van der Waals surface area (Å²) in [6.07, 6.45) is 2.59. The molecule has 1 saturated heterocycles. The lowest BCUT2D eigenvalue weighted by Gasteiger charge is -2.24. The van der Waals surface area contributed by atoms with E-state index in [4.69, 9.17) is 4.74 Å². The molecule has 1 aliphatic rings. The first-order valence-electron chi connectivity index (χ1n) is 8.38. The number of hydrogen-bond acceptors (Lipinski definition) is 2. The number of benzene rings is 1. The second-order valence-corrected chi connectivity index (χ2v) is 6.69. The number of carbonyl (C=O) groups excluding carboxylic acids is 1. The SMILES string of the molecule is COC[C@@H]1CCCN1C(=O)Cc1c(C)[nH]c2c(C)ccc(C)c12. The minimum atomic E-state index is 0.217. The molecule has 0 aliphatic carbocycles. The molecule has 1 atom stereocenters. The van der Waals surface area contributed by atoms with Crippen molar-refractivity contribution in [2.45, 2.75) is 46.1 Å². The van der Waals surface area contributed by atoms with Crippen LogP contribution in [-0.2, 0) is 16.0 Å². The fraction of sp³-hybridized carbons (Fsp3) is 0.526. The van der Waals surface area contributed by atoms with Crippen molar-refractivity contribution in [3.8, 4) is 0 Å². The highest BCUT2D eigenvalue weighted by atomic mass is 16.5. The van der Waals surface area contributed by atoms with Gasteiger partial charge in [-0.05, 0) is 50.3 Å². The van der Waals surface area contributed by atoms with Crippen LogP contribution in [0, 0.1) is 20.8 Å². The van der Waals surface area contributed by atoms with E-state index >= 15 is 0 Å². The van der Waals surface area contributed by atoms with E-state index in [1.807, 2.05) is 4.90 Å². The van der Waals surface area contributed by atoms with Crippen LogP contribution in [0.1, 0.15) is 35.2 Å². The van der Waals surface area contributed by atoms with E-state index in [0.717, 1.165) is 30.6 Å². The molecule has 0 radical (unpaired) electrons. The number of fused-ring (bicyclic) bond motifs is 1. The van der Waals surface area contributed by atoms with Gasteiger partial charge in [-0.1, -0.05) is 12.1 Å². The molecule has 2 heterocycles. The number of likely N-dealkylation sites (tertiary alicyclic amines) is 1. The Balaban J connectivity index is 1.91. The molecule has 4 nitrogen and oxygen atoms in total. The van der Waals surface area contributed by atoms with E-state index in [2.05, 4.69) is 37.9 Å². The molecule has 1 aromatic carbocycles. The molecule has 1 aliphatic heterocycles. The number of hydrogen-bond donors (Lipinski definition) is 1. The Morgan fingerprint density at radius 2 is 2.04 bits per heavy atom. The van der Waals surface area contributed by atoms with E-state index in [-0.39, 0.29) is 11.9 Å². The largest absolute Gasteiger partial charge is 0.383 e. The molecule has 2 aromatic rings. The van der Waals surface area contributed by atoms with Crippen LogP contribution in [0.15, 0.2) is 12.1 Å². The number of nitrogens with one attached hydrogen (secondary N) is 1. The molecular formula is C19H26N2O2. The van der Waals surface area contributed by atoms with Crippen LogP contribution < -0.4 is 0 Å². The summed E-state index contributed by atoms with van der Waals surface area (Å²) in [7, 11) is 1.71. The van der Waals surface area contributed by atoms with Gasteiger partial charge in [-0.2, -0.15) is 0 Å². The minimum absolute atomic E-state index is 0.217. The van der Waals surface area contributed by atoms with Gasteiger partial charge in [-0.3, -0.25) is 4.79 Å². The molecule has 1 fully saturated rings. The molecule has 1 aromatic heterocycles. The summed E-state index contributed by atoms with van der Waals surface area (Å²) in [5, 5.41) is 1.22. The number of ether oxygens (including phenoxy) is 1. The Kier molecular flexibility index (Phi) is 4.44. The van der Waals surface area contributed by atoms with Gasteiger partial charge >= 0.3 is 0 Å². The van der Waals surface area contributed by atoms with Crippen molar-refractivity contribution in [3.05, 3.63) is 34.5 Å². The van der Waals surface area contributed by atoms with Gasteiger partial charge in [0, 0.05) is 30.3 Å². The van der Waals surface area contributed by atoms with Gasteiger partial charge in [0.25, 0.3) is 0 Å². The third-order valence-electron chi connectivity index (χ3n) is 5.07. The first-order chi connectivity index (χ1) is 11.0. The molecule has 0 bridgehead atoms. The molecule has 23 heavy (non-hydrogen) atoms. The maximum atomic E-state index is 12.8. The van der Waals surface area contributed by atoms with Crippen molar-refractivity contribution in [1.82, 2.24) is 9.88 Å². The van der Waals surface area contributed by atoms with E-state index in [1.54, 1.807) is 7.11 Å². The maximum Gasteiger partial charge on any atom is 0.227 e. The number of methoxy groups -OCH3 is 1. The molecule has 4 heteroatoms. The Morgan fingerprint density at radius 1 is 1.30 bits per heavy atom. The Morgan fingerprint density at radius 3 is 2.78 bits per heavy atom. The van der Waals surface area contributed by atoms with Crippen molar-refractivity contribution < 1.29 is 9.53 Å². The summed E-state index contributed by atoms with van der Waals surface area (Å²) in [6, 6.07) is 4.51. The third kappa shape index (κ3) is 2.88. The van der Waals surface area contributed by atoms with Crippen molar-refractivity contribution in [2.24, 2.45) is 0 Å². The second kappa shape index (κ2) is 6.36. The number of H-pyrrole nitrogens is 1. The number of aryl methyl sites for hydroxylation is 3. The highest BCUT2D eigenvalue weighted by Crippen LogP contribution is 2.29. The molecule has 124 valence electrons. The minimum Gasteiger partial charge on any atom is -0.383 e. The van der Waals surface area contributed by atoms with Crippen LogP contribution in [-0.4, -0.2) is 42.1 Å². The van der Waals surface area contributed by atoms with Crippen LogP contribution in [0.4, 0.5) is 0 Å². The number of rotatable bonds is 4. The summed E-state index contributed by atoms with van der Waals surface area (Å²) in [5.74, 6) is 0.217. The number of nitrogens with zero attached hydrogens (tertiary/aromatic N) is 1. The number of amides is 1. The lowest BCUT2D eigenvalue weighted by Crippen LogP contribution is -2.39. The van der Waals surface area contributed by atoms with Gasteiger partial charge in [-0.15, -0.1) is 0 Å². The summed E-state index contributed by atoms with van der Waals surface area (Å²) >= 11 is 0. The van der Waals surface area contributed by atoms with Crippen LogP contribution >= 0.6 is 0 Å². The molecule has 0 saturated carbocycles. The van der Waals surface area contributed by atoms with Gasteiger partial charge in [0.15, 0.2) is 0 Å². The first-order valence-corrected chi connectivity index (χ1v) is 8.38. The van der Waals surface area contributed by atoms with E-state index in [9.17, 15) is 4.79 Å². The van der Waals surface area contributed by atoms with Crippen molar-refractivity contribution >= 4 is 16.8 Å². The maximum absolute atomic E-state index is 12.8. The van der Waals surface area contributed by atoms with E-state index < -0.39 is 0 Å². The van der Waals surface area contributed by atoms with Gasteiger partial charge in [0.05, 0.1) is 19.1 Å². The van der Waals surface area contributed by atoms with Crippen molar-refractivity contribution in [2.75, 3.05) is 20.3 Å². The van der Waals surface area contributed by atoms with Crippen molar-refractivity contribution in [3.63, 3.8) is 0 Å². The summed E-state index contributed by atoms with van der Waals surface area (Å²) < 4.78 is 5.27. The zero-order chi connectivity index (χ0) is 16.6. The average molecular weight is 314 g/mol. The highest BCUT2D eigenvalue weighted by Gasteiger charge is 2.29. The number of carbonyl (C=O) groups is 1. The second-order valence-electron chi connectivity index (χ2n) is 6.69. The van der Waals surface area contributed by atoms with Crippen molar-refractivity contribution in [1.29, 1.82) is 0 Å². The Labute approximate surface area is 137 Å². The van der Waals surface area contributed by atoms with Crippen LogP contribution in [0.5, 0.6) is 0 Å². The first kappa shape index (κ1) is 16.1. The molecule has 1 N–H and O–H groups in total. The van der Waals surface area contributed by atoms with Gasteiger partial charge < -0.3 is 14.6 Å². The number of aromatic amines is 1. The number of aromatic nitrogens is 1. The standard InChI is InChI=1S/C19H26N2O2/c1-12-7-8-13(2)19-18(12)16(14(3)20-19)10-17(22)21-9-5-6-15(21)11-23-4/h7-8,15,20H,5-6,9-11H2,1-4H3/t15-/m0/s1. The molecule has 3 rings (SSSR count). The zero-order valence-corrected chi connectivity index (χ0v) is 14.5. The fourth-order valence-electron chi connectivity index (χ4n) is 3.81. The highest BCUT2D eigenvalue weighted by molar-refractivity contribution is 5.94. The third-order valence-corrected chi connectivity index (χ3v) is 5.07. The topological polar surface area (TPSA) is 45.3 Å². The molecule has 0 unspecified atom stereocenters. The lowest BCUT2D eigenvalue weighted by atomic mass is 10.0. The lowest BCUT2D eigenvalue weighted by molar-refractivity contribution is -0.132. The molecule has 1 amide bonds. The fourth-order valence-corrected chi connectivity index (χ4v) is 3.81. The van der Waals surface area contributed by atoms with Gasteiger partial charge in [0.2, 0.25) is 5.91 Å². The Bertz CT molecular complexity index is 733. The van der Waals surface area contributed by atoms with Gasteiger partial charge in [-0.25, -0.2) is 0 Å². The van der Waals surface area contributed by atoms with Crippen LogP contribution in [0.25, 0.3) is 10.9 Å². The average Bonchev–Trinajstić information content (AvgIpc) is 3.10. The Hall–Kier alpha value is -1.81. The normalized spacial score (nSPS) is 18.1. The monoisotopic (exact) mass is 314 g/mol. The summed E-state index contributed by atoms with van der Waals surface area (Å²) in [4.78, 5) is 18.3. The van der Waals surface area contributed by atoms with Crippen LogP contribution in [0.2, 0.25) is 0 Å². The van der Waals surface area contributed by atoms with Crippen LogP contribution in [0.3, 0.4) is 0 Å². The quantitative estimate of drug-likeness (QED) is 0.941. The summed E-state index contributed by atoms with van der Waals surface area (Å²) in [6.45, 7) is 7.78. The smallest absolute Gasteiger partial charge is 0.227 e. The molecule has 0 spiro atoms. The van der Waals surface area contributed by atoms with Gasteiger partial charge in [0.1, 0.15) is 0 Å². The summed E-state index contributed by atoms with van der Waals surface area (Å²) in [5.41, 5.74) is 5.88. The zero-order valence-electron chi connectivity index (χ0n) is 14.5. The van der Waals surface area contributed by atoms with E-state index in [0.29, 0.717) is 13.0 Å². The predicted octanol–water partition coefficient (Wildman–Crippen LogP) is 3.27. The molecular weight excluding hydrogens is 288 g/mol. The van der Waals surface area contributed by atoms with E-state index in [1.165, 1.54) is 22.0 Å².